The van der Waals surface area contributed by atoms with Crippen LogP contribution in [-0.4, -0.2) is 28.1 Å². The van der Waals surface area contributed by atoms with Crippen LogP contribution >= 0.6 is 24.0 Å². The molecule has 1 heterocycles. The first-order valence-corrected chi connectivity index (χ1v) is 7.93. The summed E-state index contributed by atoms with van der Waals surface area (Å²) in [5.74, 6) is 0.890. The lowest BCUT2D eigenvalue weighted by molar-refractivity contribution is 0.0671. The largest absolute Gasteiger partial charge is 0.357 e. The summed E-state index contributed by atoms with van der Waals surface area (Å²) in [7, 11) is 0. The third kappa shape index (κ3) is 8.47. The first-order chi connectivity index (χ1) is 10.6. The fourth-order valence-corrected chi connectivity index (χ4v) is 2.12. The highest BCUT2D eigenvalue weighted by Gasteiger charge is 2.11. The molecule has 2 N–H and O–H groups in total. The van der Waals surface area contributed by atoms with Gasteiger partial charge in [-0.2, -0.15) is 8.78 Å². The summed E-state index contributed by atoms with van der Waals surface area (Å²) in [6.07, 6.45) is 7.26. The van der Waals surface area contributed by atoms with E-state index >= 15 is 0 Å². The van der Waals surface area contributed by atoms with Crippen molar-refractivity contribution in [1.82, 2.24) is 20.2 Å². The van der Waals surface area contributed by atoms with Crippen LogP contribution in [0.2, 0.25) is 0 Å². The van der Waals surface area contributed by atoms with Gasteiger partial charge in [0, 0.05) is 25.0 Å². The Labute approximate surface area is 154 Å². The molecule has 0 saturated carbocycles. The van der Waals surface area contributed by atoms with E-state index in [2.05, 4.69) is 34.5 Å². The van der Waals surface area contributed by atoms with E-state index in [-0.39, 0.29) is 36.3 Å². The Kier molecular flexibility index (Phi) is 12.0. The van der Waals surface area contributed by atoms with Gasteiger partial charge in [0.25, 0.3) is 0 Å². The molecule has 0 bridgehead atoms. The minimum Gasteiger partial charge on any atom is -0.357 e. The van der Waals surface area contributed by atoms with Gasteiger partial charge in [0.15, 0.2) is 5.96 Å². The van der Waals surface area contributed by atoms with Gasteiger partial charge in [0.05, 0.1) is 0 Å². The van der Waals surface area contributed by atoms with Crippen LogP contribution in [0.15, 0.2) is 17.4 Å². The quantitative estimate of drug-likeness (QED) is 0.263. The molecule has 5 nitrogen and oxygen atoms in total. The van der Waals surface area contributed by atoms with Gasteiger partial charge in [-0.25, -0.2) is 9.98 Å². The van der Waals surface area contributed by atoms with E-state index in [1.54, 1.807) is 0 Å². The fourth-order valence-electron chi connectivity index (χ4n) is 2.12. The van der Waals surface area contributed by atoms with Crippen LogP contribution in [0.25, 0.3) is 0 Å². The van der Waals surface area contributed by atoms with Crippen molar-refractivity contribution in [3.63, 3.8) is 0 Å². The van der Waals surface area contributed by atoms with Gasteiger partial charge in [-0.05, 0) is 20.3 Å². The lowest BCUT2D eigenvalue weighted by Crippen LogP contribution is -2.42. The molecule has 134 valence electrons. The Hall–Kier alpha value is -0.930. The number of unbranched alkanes of at least 4 members (excludes halogenated alkanes) is 2. The molecular weight excluding hydrogens is 415 g/mol. The minimum atomic E-state index is -2.59. The number of aliphatic imine (C=N–C) groups is 1. The summed E-state index contributed by atoms with van der Waals surface area (Å²) in [6.45, 7) is 4.50. The van der Waals surface area contributed by atoms with Crippen LogP contribution in [-0.2, 0) is 6.54 Å². The van der Waals surface area contributed by atoms with E-state index in [0.29, 0.717) is 12.0 Å². The zero-order valence-electron chi connectivity index (χ0n) is 14.1. The Bertz CT molecular complexity index is 451. The van der Waals surface area contributed by atoms with E-state index in [1.807, 2.05) is 6.92 Å². The second-order valence-electron chi connectivity index (χ2n) is 5.26. The highest BCUT2D eigenvalue weighted by atomic mass is 127. The van der Waals surface area contributed by atoms with Crippen LogP contribution in [0, 0.1) is 0 Å². The van der Waals surface area contributed by atoms with Gasteiger partial charge in [-0.1, -0.05) is 26.2 Å². The van der Waals surface area contributed by atoms with Gasteiger partial charge >= 0.3 is 6.55 Å². The van der Waals surface area contributed by atoms with Crippen molar-refractivity contribution in [2.24, 2.45) is 4.99 Å². The van der Waals surface area contributed by atoms with E-state index in [1.165, 1.54) is 31.7 Å². The number of nitrogens with zero attached hydrogens (tertiary/aromatic N) is 3. The standard InChI is InChI=1S/C15H27F2N5.HI/c1-4-6-7-8-12(3)21-15(18-5-2)20-11-13-19-9-10-22(13)14(16)17;/h9-10,12,14H,4-8,11H2,1-3H3,(H2,18,20,21);1H. The molecule has 8 heteroatoms. The van der Waals surface area contributed by atoms with Crippen LogP contribution in [0.4, 0.5) is 8.78 Å². The number of guanidine groups is 1. The van der Waals surface area contributed by atoms with Gasteiger partial charge in [0.1, 0.15) is 12.4 Å². The molecule has 0 aliphatic rings. The molecule has 0 radical (unpaired) electrons. The average Bonchev–Trinajstić information content (AvgIpc) is 2.94. The maximum atomic E-state index is 12.8. The van der Waals surface area contributed by atoms with Crippen molar-refractivity contribution in [2.45, 2.75) is 65.6 Å². The van der Waals surface area contributed by atoms with Crippen molar-refractivity contribution < 1.29 is 8.78 Å². The van der Waals surface area contributed by atoms with Crippen LogP contribution in [0.1, 0.15) is 58.8 Å². The second-order valence-corrected chi connectivity index (χ2v) is 5.26. The Morgan fingerprint density at radius 3 is 2.70 bits per heavy atom. The van der Waals surface area contributed by atoms with Crippen molar-refractivity contribution >= 4 is 29.9 Å². The summed E-state index contributed by atoms with van der Waals surface area (Å²) >= 11 is 0. The van der Waals surface area contributed by atoms with E-state index in [4.69, 9.17) is 0 Å². The molecule has 1 unspecified atom stereocenters. The first kappa shape index (κ1) is 22.1. The number of imidazole rings is 1. The number of alkyl halides is 2. The summed E-state index contributed by atoms with van der Waals surface area (Å²) in [4.78, 5) is 8.27. The summed E-state index contributed by atoms with van der Waals surface area (Å²) in [6, 6.07) is 0.291. The summed E-state index contributed by atoms with van der Waals surface area (Å²) < 4.78 is 26.4. The number of nitrogens with one attached hydrogen (secondary N) is 2. The Balaban J connectivity index is 0.00000484. The maximum Gasteiger partial charge on any atom is 0.319 e. The number of aromatic nitrogens is 2. The van der Waals surface area contributed by atoms with E-state index in [9.17, 15) is 8.78 Å². The van der Waals surface area contributed by atoms with Gasteiger partial charge in [-0.15, -0.1) is 24.0 Å². The van der Waals surface area contributed by atoms with Crippen LogP contribution in [0.3, 0.4) is 0 Å². The molecule has 1 rings (SSSR count). The molecule has 0 aliphatic carbocycles. The third-order valence-electron chi connectivity index (χ3n) is 3.31. The Morgan fingerprint density at radius 2 is 2.09 bits per heavy atom. The van der Waals surface area contributed by atoms with Crippen molar-refractivity contribution in [1.29, 1.82) is 0 Å². The lowest BCUT2D eigenvalue weighted by Gasteiger charge is -2.17. The van der Waals surface area contributed by atoms with Crippen molar-refractivity contribution in [3.8, 4) is 0 Å². The third-order valence-corrected chi connectivity index (χ3v) is 3.31. The second kappa shape index (κ2) is 12.5. The normalized spacial score (nSPS) is 12.9. The van der Waals surface area contributed by atoms with Crippen LogP contribution in [0.5, 0.6) is 0 Å². The predicted molar refractivity (Wildman–Crippen MR) is 100 cm³/mol. The smallest absolute Gasteiger partial charge is 0.319 e. The number of rotatable bonds is 9. The summed E-state index contributed by atoms with van der Waals surface area (Å²) in [5, 5.41) is 6.43. The van der Waals surface area contributed by atoms with Crippen molar-refractivity contribution in [3.05, 3.63) is 18.2 Å². The molecule has 23 heavy (non-hydrogen) atoms. The van der Waals surface area contributed by atoms with E-state index < -0.39 is 6.55 Å². The molecule has 0 spiro atoms. The molecule has 1 aromatic heterocycles. The highest BCUT2D eigenvalue weighted by molar-refractivity contribution is 14.0. The average molecular weight is 443 g/mol. The van der Waals surface area contributed by atoms with Crippen LogP contribution < -0.4 is 10.6 Å². The minimum absolute atomic E-state index is 0. The molecule has 0 fully saturated rings. The number of hydrogen-bond donors (Lipinski definition) is 2. The molecule has 1 aromatic rings. The fraction of sp³-hybridized carbons (Fsp3) is 0.733. The van der Waals surface area contributed by atoms with Gasteiger partial charge in [0.2, 0.25) is 0 Å². The molecular formula is C15H28F2IN5. The zero-order valence-corrected chi connectivity index (χ0v) is 16.4. The number of halogens is 3. The van der Waals surface area contributed by atoms with Gasteiger partial charge < -0.3 is 10.6 Å². The zero-order chi connectivity index (χ0) is 16.4. The van der Waals surface area contributed by atoms with E-state index in [0.717, 1.165) is 17.5 Å². The molecule has 0 aliphatic heterocycles. The molecule has 0 saturated heterocycles. The topological polar surface area (TPSA) is 54.2 Å². The molecule has 0 amide bonds. The van der Waals surface area contributed by atoms with Gasteiger partial charge in [-0.3, -0.25) is 4.57 Å². The Morgan fingerprint density at radius 1 is 1.35 bits per heavy atom. The number of hydrogen-bond acceptors (Lipinski definition) is 2. The van der Waals surface area contributed by atoms with Crippen molar-refractivity contribution in [2.75, 3.05) is 6.54 Å². The molecule has 1 atom stereocenters. The summed E-state index contributed by atoms with van der Waals surface area (Å²) in [5.41, 5.74) is 0. The maximum absolute atomic E-state index is 12.8. The predicted octanol–water partition coefficient (Wildman–Crippen LogP) is 3.92. The molecule has 0 aromatic carbocycles. The SMILES string of the molecule is CCCCCC(C)NC(=NCc1nccn1C(F)F)NCC.I. The highest BCUT2D eigenvalue weighted by Crippen LogP contribution is 2.12. The lowest BCUT2D eigenvalue weighted by atomic mass is 10.1. The first-order valence-electron chi connectivity index (χ1n) is 7.93. The monoisotopic (exact) mass is 443 g/mol.